The van der Waals surface area contributed by atoms with E-state index in [4.69, 9.17) is 0 Å². The molecule has 0 aliphatic carbocycles. The van der Waals surface area contributed by atoms with Gasteiger partial charge in [-0.3, -0.25) is 19.4 Å². The second kappa shape index (κ2) is 10.6. The number of hydrogen-bond donors (Lipinski definition) is 1. The zero-order valence-corrected chi connectivity index (χ0v) is 26.7. The number of aryl methyl sites for hydroxylation is 2. The molecule has 0 saturated carbocycles. The lowest BCUT2D eigenvalue weighted by atomic mass is 9.95. The number of benzene rings is 2. The first kappa shape index (κ1) is 29.8. The van der Waals surface area contributed by atoms with Gasteiger partial charge in [0.1, 0.15) is 10.7 Å². The fraction of sp³-hybridized carbons (Fsp3) is 0.303. The Bertz CT molecular complexity index is 2290. The highest BCUT2D eigenvalue weighted by atomic mass is 32.2. The number of aromatic nitrogens is 5. The number of piperazine rings is 1. The van der Waals surface area contributed by atoms with Crippen molar-refractivity contribution in [2.24, 2.45) is 0 Å². The van der Waals surface area contributed by atoms with Gasteiger partial charge in [-0.1, -0.05) is 26.5 Å². The second-order valence-electron chi connectivity index (χ2n) is 12.2. The maximum Gasteiger partial charge on any atom is 0.354 e. The van der Waals surface area contributed by atoms with E-state index in [2.05, 4.69) is 26.7 Å². The van der Waals surface area contributed by atoms with Crippen LogP contribution in [0.4, 0.5) is 10.2 Å². The topological polar surface area (TPSA) is 134 Å². The molecule has 5 heterocycles. The predicted octanol–water partition coefficient (Wildman–Crippen LogP) is 4.19. The minimum Gasteiger partial charge on any atom is -0.348 e. The highest BCUT2D eigenvalue weighted by molar-refractivity contribution is 7.91. The zero-order valence-electron chi connectivity index (χ0n) is 25.8. The Hall–Kier alpha value is -4.91. The number of halogens is 1. The molecular formula is C33H32FN7O4S. The normalized spacial score (nSPS) is 17.4. The van der Waals surface area contributed by atoms with Gasteiger partial charge in [-0.15, -0.1) is 0 Å². The number of H-pyrrole nitrogens is 1. The molecule has 2 aliphatic rings. The molecule has 11 nitrogen and oxygen atoms in total. The number of rotatable bonds is 4. The maximum atomic E-state index is 17.2. The molecule has 0 bridgehead atoms. The molecule has 1 unspecified atom stereocenters. The quantitative estimate of drug-likeness (QED) is 0.289. The lowest BCUT2D eigenvalue weighted by Gasteiger charge is -2.41. The number of sulfone groups is 1. The molecule has 13 heteroatoms. The Morgan fingerprint density at radius 3 is 2.70 bits per heavy atom. The molecular weight excluding hydrogens is 609 g/mol. The molecule has 3 aromatic heterocycles. The highest BCUT2D eigenvalue weighted by Gasteiger charge is 2.42. The van der Waals surface area contributed by atoms with Crippen molar-refractivity contribution in [2.75, 3.05) is 30.3 Å². The second-order valence-corrected chi connectivity index (χ2v) is 14.2. The summed E-state index contributed by atoms with van der Waals surface area (Å²) in [5.74, 6) is -1.76. The SMILES string of the molecule is C=CC(=O)N1CCN2c3nc(=O)n(-c4c(C)ccnc4C(C)C)c4cc(-c5c(C)ccc6[nH]ncc56)c(F)c(c34)S(=O)(=O)CC2C1. The average molecular weight is 642 g/mol. The van der Waals surface area contributed by atoms with Gasteiger partial charge in [-0.2, -0.15) is 10.1 Å². The van der Waals surface area contributed by atoms with Crippen LogP contribution < -0.4 is 10.6 Å². The van der Waals surface area contributed by atoms with Gasteiger partial charge in [0.2, 0.25) is 5.91 Å². The zero-order chi connectivity index (χ0) is 32.7. The van der Waals surface area contributed by atoms with Crippen LogP contribution in [-0.4, -0.2) is 75.4 Å². The molecule has 2 aromatic carbocycles. The molecule has 1 saturated heterocycles. The van der Waals surface area contributed by atoms with Crippen LogP contribution in [-0.2, 0) is 14.6 Å². The maximum absolute atomic E-state index is 17.2. The van der Waals surface area contributed by atoms with Crippen LogP contribution in [0, 0.1) is 19.7 Å². The van der Waals surface area contributed by atoms with Crippen molar-refractivity contribution in [3.05, 3.63) is 82.4 Å². The van der Waals surface area contributed by atoms with E-state index in [1.165, 1.54) is 15.5 Å². The van der Waals surface area contributed by atoms with Gasteiger partial charge in [0.25, 0.3) is 0 Å². The number of carbonyl (C=O) groups is 1. The van der Waals surface area contributed by atoms with E-state index in [1.807, 2.05) is 39.8 Å². The first-order valence-corrected chi connectivity index (χ1v) is 16.7. The van der Waals surface area contributed by atoms with Gasteiger partial charge in [-0.05, 0) is 60.7 Å². The number of nitrogens with zero attached hydrogens (tertiary/aromatic N) is 6. The van der Waals surface area contributed by atoms with Gasteiger partial charge in [0, 0.05) is 36.8 Å². The molecule has 0 spiro atoms. The molecule has 236 valence electrons. The van der Waals surface area contributed by atoms with Crippen molar-refractivity contribution in [2.45, 2.75) is 44.6 Å². The Morgan fingerprint density at radius 2 is 1.96 bits per heavy atom. The summed E-state index contributed by atoms with van der Waals surface area (Å²) >= 11 is 0. The van der Waals surface area contributed by atoms with Crippen LogP contribution in [0.5, 0.6) is 0 Å². The number of amides is 1. The molecule has 1 fully saturated rings. The monoisotopic (exact) mass is 641 g/mol. The van der Waals surface area contributed by atoms with Crippen LogP contribution in [0.3, 0.4) is 0 Å². The Balaban J connectivity index is 1.65. The predicted molar refractivity (Wildman–Crippen MR) is 174 cm³/mol. The van der Waals surface area contributed by atoms with E-state index in [0.717, 1.165) is 5.56 Å². The van der Waals surface area contributed by atoms with Crippen LogP contribution in [0.1, 0.15) is 36.6 Å². The molecule has 7 rings (SSSR count). The third-order valence-corrected chi connectivity index (χ3v) is 10.9. The fourth-order valence-corrected chi connectivity index (χ4v) is 8.77. The van der Waals surface area contributed by atoms with Gasteiger partial charge in [0.05, 0.1) is 45.8 Å². The lowest BCUT2D eigenvalue weighted by molar-refractivity contribution is -0.126. The lowest BCUT2D eigenvalue weighted by Crippen LogP contribution is -2.57. The van der Waals surface area contributed by atoms with Gasteiger partial charge in [-0.25, -0.2) is 17.6 Å². The summed E-state index contributed by atoms with van der Waals surface area (Å²) in [5, 5.41) is 7.69. The van der Waals surface area contributed by atoms with E-state index in [9.17, 15) is 18.0 Å². The number of pyridine rings is 1. The van der Waals surface area contributed by atoms with Gasteiger partial charge in [0.15, 0.2) is 15.7 Å². The first-order valence-electron chi connectivity index (χ1n) is 15.0. The van der Waals surface area contributed by atoms with E-state index >= 15 is 4.39 Å². The molecule has 5 aromatic rings. The third kappa shape index (κ3) is 4.36. The smallest absolute Gasteiger partial charge is 0.348 e. The number of carbonyl (C=O) groups excluding carboxylic acids is 1. The van der Waals surface area contributed by atoms with Crippen molar-refractivity contribution in [3.8, 4) is 16.8 Å². The molecule has 1 atom stereocenters. The standard InChI is InChI=1S/C33H32FN7O4S/c1-6-25(42)39-11-12-40-20(15-39)16-46(44,45)31-27-24(13-21(28(31)34)26-18(4)7-8-23-22(26)14-36-38-23)41(33(43)37-32(27)40)30-19(5)9-10-35-29(30)17(2)3/h6-10,13-14,17,20H,1,11-12,15-16H2,2-5H3,(H,36,38). The Labute approximate surface area is 264 Å². The van der Waals surface area contributed by atoms with E-state index in [-0.39, 0.29) is 53.7 Å². The number of nitrogens with one attached hydrogen (secondary N) is 1. The van der Waals surface area contributed by atoms with E-state index in [0.29, 0.717) is 33.4 Å². The summed E-state index contributed by atoms with van der Waals surface area (Å²) in [7, 11) is -4.35. The Kier molecular flexibility index (Phi) is 6.85. The molecule has 1 N–H and O–H groups in total. The van der Waals surface area contributed by atoms with Crippen molar-refractivity contribution < 1.29 is 17.6 Å². The minimum absolute atomic E-state index is 0.0249. The van der Waals surface area contributed by atoms with Crippen molar-refractivity contribution >= 4 is 43.4 Å². The van der Waals surface area contributed by atoms with Crippen LogP contribution >= 0.6 is 0 Å². The number of aromatic amines is 1. The highest BCUT2D eigenvalue weighted by Crippen LogP contribution is 2.44. The van der Waals surface area contributed by atoms with Crippen LogP contribution in [0.15, 0.2) is 59.0 Å². The van der Waals surface area contributed by atoms with E-state index < -0.39 is 38.0 Å². The number of anilines is 1. The summed E-state index contributed by atoms with van der Waals surface area (Å²) in [6.07, 6.45) is 4.42. The summed E-state index contributed by atoms with van der Waals surface area (Å²) in [4.78, 5) is 38.6. The summed E-state index contributed by atoms with van der Waals surface area (Å²) < 4.78 is 47.4. The number of hydrogen-bond acceptors (Lipinski definition) is 8. The first-order chi connectivity index (χ1) is 21.9. The van der Waals surface area contributed by atoms with Crippen LogP contribution in [0.2, 0.25) is 0 Å². The Morgan fingerprint density at radius 1 is 1.17 bits per heavy atom. The van der Waals surface area contributed by atoms with Crippen molar-refractivity contribution in [3.63, 3.8) is 0 Å². The van der Waals surface area contributed by atoms with Gasteiger partial charge < -0.3 is 9.80 Å². The summed E-state index contributed by atoms with van der Waals surface area (Å²) in [5.41, 5.74) is 3.21. The van der Waals surface area contributed by atoms with Crippen LogP contribution in [0.25, 0.3) is 38.6 Å². The van der Waals surface area contributed by atoms with Gasteiger partial charge >= 0.3 is 5.69 Å². The van der Waals surface area contributed by atoms with Crippen molar-refractivity contribution in [1.82, 2.24) is 29.6 Å². The molecule has 46 heavy (non-hydrogen) atoms. The molecule has 1 amide bonds. The number of fused-ring (bicyclic) bond motifs is 3. The average Bonchev–Trinajstić information content (AvgIpc) is 3.46. The third-order valence-electron chi connectivity index (χ3n) is 9.05. The summed E-state index contributed by atoms with van der Waals surface area (Å²) in [6, 6.07) is 6.19. The van der Waals surface area contributed by atoms with E-state index in [1.54, 1.807) is 29.4 Å². The minimum atomic E-state index is -4.35. The fourth-order valence-electron chi connectivity index (χ4n) is 6.92. The largest absolute Gasteiger partial charge is 0.354 e. The molecule has 0 radical (unpaired) electrons. The summed E-state index contributed by atoms with van der Waals surface area (Å²) in [6.45, 7) is 11.6. The molecule has 2 aliphatic heterocycles. The van der Waals surface area contributed by atoms with Crippen molar-refractivity contribution in [1.29, 1.82) is 0 Å².